The van der Waals surface area contributed by atoms with Crippen molar-refractivity contribution in [1.29, 1.82) is 0 Å². The maximum atomic E-state index is 13.8. The molecule has 5 rings (SSSR count). The summed E-state index contributed by atoms with van der Waals surface area (Å²) >= 11 is 0. The van der Waals surface area contributed by atoms with Gasteiger partial charge in [0.15, 0.2) is 0 Å². The number of carbonyl (C=O) groups is 1. The van der Waals surface area contributed by atoms with Gasteiger partial charge in [-0.05, 0) is 55.6 Å². The van der Waals surface area contributed by atoms with Gasteiger partial charge in [-0.1, -0.05) is 0 Å². The molecular formula is C24H31F3N2O4. The Bertz CT molecular complexity index is 895. The van der Waals surface area contributed by atoms with E-state index in [1.54, 1.807) is 12.0 Å². The Labute approximate surface area is 191 Å². The largest absolute Gasteiger partial charge is 0.417 e. The van der Waals surface area contributed by atoms with Gasteiger partial charge in [-0.2, -0.15) is 13.2 Å². The number of methoxy groups -OCH3 is 1. The van der Waals surface area contributed by atoms with Gasteiger partial charge in [0.2, 0.25) is 5.91 Å². The summed E-state index contributed by atoms with van der Waals surface area (Å²) in [5, 5.41) is 0. The number of amides is 1. The zero-order valence-corrected chi connectivity index (χ0v) is 18.9. The lowest BCUT2D eigenvalue weighted by molar-refractivity contribution is -0.145. The van der Waals surface area contributed by atoms with E-state index in [1.165, 1.54) is 0 Å². The van der Waals surface area contributed by atoms with E-state index in [-0.39, 0.29) is 24.7 Å². The third-order valence-corrected chi connectivity index (χ3v) is 8.14. The molecule has 0 bridgehead atoms. The number of hydrogen-bond donors (Lipinski definition) is 0. The zero-order chi connectivity index (χ0) is 23.2. The summed E-state index contributed by atoms with van der Waals surface area (Å²) in [5.41, 5.74) is -0.180. The monoisotopic (exact) mass is 468 g/mol. The molecule has 1 amide bonds. The van der Waals surface area contributed by atoms with E-state index in [9.17, 15) is 18.0 Å². The first-order valence-electron chi connectivity index (χ1n) is 11.9. The molecule has 0 spiro atoms. The first-order valence-corrected chi connectivity index (χ1v) is 11.9. The molecule has 1 saturated carbocycles. The molecule has 3 aliphatic heterocycles. The van der Waals surface area contributed by atoms with Crippen molar-refractivity contribution in [2.24, 2.45) is 17.3 Å². The molecule has 2 unspecified atom stereocenters. The van der Waals surface area contributed by atoms with Crippen LogP contribution in [0.2, 0.25) is 0 Å². The minimum Gasteiger partial charge on any atom is -0.379 e. The first-order chi connectivity index (χ1) is 15.8. The van der Waals surface area contributed by atoms with Gasteiger partial charge >= 0.3 is 6.18 Å². The Kier molecular flexibility index (Phi) is 6.16. The Balaban J connectivity index is 1.31. The van der Waals surface area contributed by atoms with Gasteiger partial charge < -0.3 is 19.1 Å². The minimum atomic E-state index is -4.44. The summed E-state index contributed by atoms with van der Waals surface area (Å²) in [7, 11) is 1.72. The molecule has 0 aromatic carbocycles. The van der Waals surface area contributed by atoms with Crippen LogP contribution in [0.25, 0.3) is 0 Å². The summed E-state index contributed by atoms with van der Waals surface area (Å²) < 4.78 is 56.7. The second kappa shape index (κ2) is 8.82. The van der Waals surface area contributed by atoms with Crippen LogP contribution in [0.1, 0.15) is 48.9 Å². The second-order valence-electron chi connectivity index (χ2n) is 10.0. The van der Waals surface area contributed by atoms with Crippen molar-refractivity contribution in [3.8, 4) is 0 Å². The zero-order valence-electron chi connectivity index (χ0n) is 18.9. The van der Waals surface area contributed by atoms with Gasteiger partial charge in [-0.25, -0.2) is 0 Å². The van der Waals surface area contributed by atoms with Crippen LogP contribution in [0.15, 0.2) is 12.3 Å². The maximum Gasteiger partial charge on any atom is 0.417 e. The predicted octanol–water partition coefficient (Wildman–Crippen LogP) is 3.61. The summed E-state index contributed by atoms with van der Waals surface area (Å²) in [6, 6.07) is 1.15. The van der Waals surface area contributed by atoms with Crippen LogP contribution in [0.3, 0.4) is 0 Å². The number of fused-ring (bicyclic) bond motifs is 2. The minimum absolute atomic E-state index is 0.0332. The topological polar surface area (TPSA) is 60.9 Å². The highest BCUT2D eigenvalue weighted by Gasteiger charge is 2.57. The highest BCUT2D eigenvalue weighted by atomic mass is 19.4. The highest BCUT2D eigenvalue weighted by Crippen LogP contribution is 2.53. The van der Waals surface area contributed by atoms with Crippen molar-refractivity contribution < 1.29 is 32.2 Å². The number of rotatable bonds is 4. The van der Waals surface area contributed by atoms with Gasteiger partial charge in [-0.15, -0.1) is 0 Å². The van der Waals surface area contributed by atoms with Gasteiger partial charge in [-0.3, -0.25) is 9.78 Å². The van der Waals surface area contributed by atoms with E-state index in [0.29, 0.717) is 55.7 Å². The van der Waals surface area contributed by atoms with Crippen LogP contribution >= 0.6 is 0 Å². The number of ether oxygens (including phenoxy) is 3. The van der Waals surface area contributed by atoms with Crippen LogP contribution in [0, 0.1) is 17.3 Å². The number of hydrogen-bond acceptors (Lipinski definition) is 5. The number of nitrogens with zero attached hydrogens (tertiary/aromatic N) is 2. The average Bonchev–Trinajstić information content (AvgIpc) is 3.35. The molecule has 1 aliphatic carbocycles. The van der Waals surface area contributed by atoms with Crippen molar-refractivity contribution in [2.45, 2.75) is 63.5 Å². The maximum absolute atomic E-state index is 13.8. The summed E-state index contributed by atoms with van der Waals surface area (Å²) in [5.74, 6) is 0.815. The molecule has 1 aromatic heterocycles. The quantitative estimate of drug-likeness (QED) is 0.676. The summed E-state index contributed by atoms with van der Waals surface area (Å²) in [6.45, 7) is 2.57. The van der Waals surface area contributed by atoms with Crippen molar-refractivity contribution in [3.63, 3.8) is 0 Å². The number of pyridine rings is 1. The number of aromatic nitrogens is 1. The van der Waals surface area contributed by atoms with Crippen molar-refractivity contribution in [2.75, 3.05) is 33.5 Å². The molecular weight excluding hydrogens is 437 g/mol. The fourth-order valence-electron chi connectivity index (χ4n) is 6.43. The molecule has 3 fully saturated rings. The highest BCUT2D eigenvalue weighted by molar-refractivity contribution is 5.84. The molecule has 0 radical (unpaired) electrons. The lowest BCUT2D eigenvalue weighted by Crippen LogP contribution is -2.48. The average molecular weight is 469 g/mol. The van der Waals surface area contributed by atoms with Gasteiger partial charge in [0.1, 0.15) is 0 Å². The van der Waals surface area contributed by atoms with E-state index < -0.39 is 17.2 Å². The number of alkyl halides is 3. The van der Waals surface area contributed by atoms with E-state index in [0.717, 1.165) is 44.6 Å². The van der Waals surface area contributed by atoms with Crippen molar-refractivity contribution in [3.05, 3.63) is 29.1 Å². The fraction of sp³-hybridized carbons (Fsp3) is 0.750. The third kappa shape index (κ3) is 4.28. The van der Waals surface area contributed by atoms with E-state index in [4.69, 9.17) is 14.2 Å². The molecule has 5 atom stereocenters. The molecule has 33 heavy (non-hydrogen) atoms. The lowest BCUT2D eigenvalue weighted by atomic mass is 9.78. The molecule has 182 valence electrons. The second-order valence-corrected chi connectivity index (χ2v) is 10.0. The van der Waals surface area contributed by atoms with Crippen LogP contribution in [-0.2, 0) is 38.1 Å². The molecule has 0 N–H and O–H groups in total. The molecule has 9 heteroatoms. The molecule has 1 aromatic rings. The van der Waals surface area contributed by atoms with Crippen molar-refractivity contribution >= 4 is 5.91 Å². The predicted molar refractivity (Wildman–Crippen MR) is 112 cm³/mol. The summed E-state index contributed by atoms with van der Waals surface area (Å²) in [6.07, 6.45) is 1.13. The first kappa shape index (κ1) is 23.1. The summed E-state index contributed by atoms with van der Waals surface area (Å²) in [4.78, 5) is 19.6. The Morgan fingerprint density at radius 2 is 2.21 bits per heavy atom. The Hall–Kier alpha value is -1.71. The van der Waals surface area contributed by atoms with Gasteiger partial charge in [0.05, 0.1) is 29.8 Å². The smallest absolute Gasteiger partial charge is 0.379 e. The third-order valence-electron chi connectivity index (χ3n) is 8.14. The molecule has 2 saturated heterocycles. The molecule has 4 aliphatic rings. The number of halogens is 3. The van der Waals surface area contributed by atoms with Crippen LogP contribution in [0.4, 0.5) is 13.2 Å². The Morgan fingerprint density at radius 1 is 1.36 bits per heavy atom. The number of carbonyl (C=O) groups excluding carboxylic acids is 1. The normalized spacial score (nSPS) is 34.2. The van der Waals surface area contributed by atoms with E-state index in [2.05, 4.69) is 4.98 Å². The van der Waals surface area contributed by atoms with Crippen LogP contribution < -0.4 is 0 Å². The van der Waals surface area contributed by atoms with E-state index >= 15 is 0 Å². The molecule has 4 heterocycles. The van der Waals surface area contributed by atoms with Gasteiger partial charge in [0.25, 0.3) is 0 Å². The van der Waals surface area contributed by atoms with Crippen LogP contribution in [0.5, 0.6) is 0 Å². The SMILES string of the molecule is COC1COCC[C@@H]1CC1C[C@H]2OCC[C@@]2(C(=O)N2CCc3ncc(C(F)(F)F)cc3C2)C1. The molecule has 6 nitrogen and oxygen atoms in total. The Morgan fingerprint density at radius 3 is 3.00 bits per heavy atom. The van der Waals surface area contributed by atoms with Crippen molar-refractivity contribution in [1.82, 2.24) is 9.88 Å². The van der Waals surface area contributed by atoms with Gasteiger partial charge in [0, 0.05) is 51.7 Å². The fourth-order valence-corrected chi connectivity index (χ4v) is 6.43. The standard InChI is InChI=1S/C24H31F3N2O4/c1-31-20-14-32-6-3-16(20)8-15-9-21-23(11-15,4-7-33-21)22(30)29-5-2-19-17(13-29)10-18(12-28-19)24(25,26)27/h10,12,15-16,20-21H,2-9,11,13-14H2,1H3/t15?,16-,20?,21-,23-/m1/s1. The lowest BCUT2D eigenvalue weighted by Gasteiger charge is -2.37. The van der Waals surface area contributed by atoms with E-state index in [1.807, 2.05) is 0 Å². The van der Waals surface area contributed by atoms with Crippen LogP contribution in [-0.4, -0.2) is 61.5 Å².